The molecular formula is C24H24F3N3O2S. The van der Waals surface area contributed by atoms with Crippen LogP contribution in [0.5, 0.6) is 5.75 Å². The number of alkyl halides is 3. The van der Waals surface area contributed by atoms with Gasteiger partial charge in [0.2, 0.25) is 0 Å². The van der Waals surface area contributed by atoms with E-state index in [4.69, 9.17) is 4.74 Å². The third-order valence-electron chi connectivity index (χ3n) is 5.57. The Morgan fingerprint density at radius 1 is 1.06 bits per heavy atom. The standard InChI is InChI=1S/C24H24F3N3O2S/c1-29-15-12-28-22(29)33-21-10-13-30(14-11-21)23(31)32-20-8-4-18(5-9-20)16-17-2-6-19(7-3-17)24(25,26)27/h2-9,12,15,21H,10-11,13-14,16H2,1H3. The van der Waals surface area contributed by atoms with Crippen LogP contribution >= 0.6 is 11.8 Å². The summed E-state index contributed by atoms with van der Waals surface area (Å²) < 4.78 is 45.6. The fourth-order valence-corrected chi connectivity index (χ4v) is 4.75. The van der Waals surface area contributed by atoms with E-state index in [1.54, 1.807) is 35.0 Å². The summed E-state index contributed by atoms with van der Waals surface area (Å²) in [6.45, 7) is 1.26. The van der Waals surface area contributed by atoms with Crippen molar-refractivity contribution in [3.8, 4) is 5.75 Å². The Kier molecular flexibility index (Phi) is 6.97. The number of imidazole rings is 1. The summed E-state index contributed by atoms with van der Waals surface area (Å²) in [5, 5.41) is 1.40. The second-order valence-corrected chi connectivity index (χ2v) is 9.28. The maximum absolute atomic E-state index is 12.7. The maximum atomic E-state index is 12.7. The Bertz CT molecular complexity index is 1070. The summed E-state index contributed by atoms with van der Waals surface area (Å²) in [5.74, 6) is 0.445. The van der Waals surface area contributed by atoms with E-state index >= 15 is 0 Å². The summed E-state index contributed by atoms with van der Waals surface area (Å²) in [6.07, 6.45) is 1.24. The number of thioether (sulfide) groups is 1. The van der Waals surface area contributed by atoms with Crippen LogP contribution in [0.25, 0.3) is 0 Å². The molecular weight excluding hydrogens is 451 g/mol. The average Bonchev–Trinajstić information content (AvgIpc) is 3.19. The molecule has 0 spiro atoms. The number of halogens is 3. The first kappa shape index (κ1) is 23.2. The number of aromatic nitrogens is 2. The van der Waals surface area contributed by atoms with E-state index in [0.29, 0.717) is 30.5 Å². The highest BCUT2D eigenvalue weighted by molar-refractivity contribution is 7.99. The van der Waals surface area contributed by atoms with E-state index in [1.807, 2.05) is 29.9 Å². The Morgan fingerprint density at radius 2 is 1.67 bits per heavy atom. The van der Waals surface area contributed by atoms with Gasteiger partial charge in [-0.1, -0.05) is 36.0 Å². The van der Waals surface area contributed by atoms with Crippen LogP contribution in [0.3, 0.4) is 0 Å². The number of carbonyl (C=O) groups excluding carboxylic acids is 1. The SMILES string of the molecule is Cn1ccnc1SC1CCN(C(=O)Oc2ccc(Cc3ccc(C(F)(F)F)cc3)cc2)CC1. The van der Waals surface area contributed by atoms with Crippen molar-refractivity contribution in [3.05, 3.63) is 77.6 Å². The van der Waals surface area contributed by atoms with Crippen molar-refractivity contribution in [1.29, 1.82) is 0 Å². The number of aryl methyl sites for hydroxylation is 1. The monoisotopic (exact) mass is 475 g/mol. The minimum absolute atomic E-state index is 0.370. The fraction of sp³-hybridized carbons (Fsp3) is 0.333. The predicted molar refractivity (Wildman–Crippen MR) is 120 cm³/mol. The quantitative estimate of drug-likeness (QED) is 0.469. The van der Waals surface area contributed by atoms with Gasteiger partial charge in [-0.25, -0.2) is 9.78 Å². The molecule has 1 aliphatic heterocycles. The van der Waals surface area contributed by atoms with Crippen molar-refractivity contribution in [2.75, 3.05) is 13.1 Å². The lowest BCUT2D eigenvalue weighted by atomic mass is 10.0. The molecule has 0 atom stereocenters. The highest BCUT2D eigenvalue weighted by atomic mass is 32.2. The van der Waals surface area contributed by atoms with E-state index in [0.717, 1.165) is 41.3 Å². The third kappa shape index (κ3) is 6.10. The molecule has 0 radical (unpaired) electrons. The summed E-state index contributed by atoms with van der Waals surface area (Å²) in [7, 11) is 1.97. The van der Waals surface area contributed by atoms with Crippen molar-refractivity contribution in [1.82, 2.24) is 14.5 Å². The summed E-state index contributed by atoms with van der Waals surface area (Å²) >= 11 is 1.74. The van der Waals surface area contributed by atoms with Crippen LogP contribution < -0.4 is 4.74 Å². The molecule has 2 heterocycles. The lowest BCUT2D eigenvalue weighted by molar-refractivity contribution is -0.137. The highest BCUT2D eigenvalue weighted by Crippen LogP contribution is 2.30. The van der Waals surface area contributed by atoms with E-state index in [1.165, 1.54) is 12.1 Å². The fourth-order valence-electron chi connectivity index (χ4n) is 3.66. The molecule has 0 saturated carbocycles. The van der Waals surface area contributed by atoms with E-state index in [-0.39, 0.29) is 6.09 Å². The van der Waals surface area contributed by atoms with E-state index in [9.17, 15) is 18.0 Å². The molecule has 1 amide bonds. The van der Waals surface area contributed by atoms with Gasteiger partial charge < -0.3 is 14.2 Å². The van der Waals surface area contributed by atoms with E-state index in [2.05, 4.69) is 4.98 Å². The number of hydrogen-bond acceptors (Lipinski definition) is 4. The van der Waals surface area contributed by atoms with Gasteiger partial charge in [0.15, 0.2) is 5.16 Å². The van der Waals surface area contributed by atoms with Crippen molar-refractivity contribution in [3.63, 3.8) is 0 Å². The first-order chi connectivity index (χ1) is 15.8. The van der Waals surface area contributed by atoms with Crippen molar-refractivity contribution in [2.24, 2.45) is 7.05 Å². The van der Waals surface area contributed by atoms with Gasteiger partial charge in [-0.3, -0.25) is 0 Å². The number of piperidine rings is 1. The number of hydrogen-bond donors (Lipinski definition) is 0. The lowest BCUT2D eigenvalue weighted by Crippen LogP contribution is -2.40. The van der Waals surface area contributed by atoms with Gasteiger partial charge in [0.25, 0.3) is 0 Å². The average molecular weight is 476 g/mol. The highest BCUT2D eigenvalue weighted by Gasteiger charge is 2.30. The molecule has 0 unspecified atom stereocenters. The zero-order valence-electron chi connectivity index (χ0n) is 18.1. The van der Waals surface area contributed by atoms with Crippen molar-refractivity contribution < 1.29 is 22.7 Å². The molecule has 0 aliphatic carbocycles. The minimum Gasteiger partial charge on any atom is -0.410 e. The molecule has 1 aliphatic rings. The van der Waals surface area contributed by atoms with Gasteiger partial charge in [-0.2, -0.15) is 13.2 Å². The maximum Gasteiger partial charge on any atom is 0.416 e. The van der Waals surface area contributed by atoms with Crippen molar-refractivity contribution >= 4 is 17.9 Å². The van der Waals surface area contributed by atoms with Crippen LogP contribution in [0.15, 0.2) is 66.1 Å². The first-order valence-electron chi connectivity index (χ1n) is 10.6. The normalized spacial score (nSPS) is 15.0. The van der Waals surface area contributed by atoms with Gasteiger partial charge in [-0.05, 0) is 54.7 Å². The van der Waals surface area contributed by atoms with E-state index < -0.39 is 11.7 Å². The molecule has 0 bridgehead atoms. The summed E-state index contributed by atoms with van der Waals surface area (Å²) in [6, 6.07) is 12.2. The Morgan fingerprint density at radius 3 is 2.21 bits per heavy atom. The van der Waals surface area contributed by atoms with Gasteiger partial charge >= 0.3 is 12.3 Å². The second kappa shape index (κ2) is 9.91. The van der Waals surface area contributed by atoms with Crippen LogP contribution in [0, 0.1) is 0 Å². The van der Waals surface area contributed by atoms with Crippen LogP contribution in [0.1, 0.15) is 29.5 Å². The zero-order valence-corrected chi connectivity index (χ0v) is 18.9. The number of amides is 1. The third-order valence-corrected chi connectivity index (χ3v) is 6.98. The Hall–Kier alpha value is -2.94. The van der Waals surface area contributed by atoms with Crippen LogP contribution in [-0.2, 0) is 19.6 Å². The largest absolute Gasteiger partial charge is 0.416 e. The molecule has 1 saturated heterocycles. The summed E-state index contributed by atoms with van der Waals surface area (Å²) in [5.41, 5.74) is 1.04. The zero-order chi connectivity index (χ0) is 23.4. The summed E-state index contributed by atoms with van der Waals surface area (Å²) in [4.78, 5) is 18.6. The number of rotatable bonds is 5. The molecule has 33 heavy (non-hydrogen) atoms. The number of ether oxygens (including phenoxy) is 1. The topological polar surface area (TPSA) is 47.4 Å². The molecule has 2 aromatic carbocycles. The molecule has 9 heteroatoms. The molecule has 3 aromatic rings. The molecule has 174 valence electrons. The van der Waals surface area contributed by atoms with Crippen LogP contribution in [0.4, 0.5) is 18.0 Å². The smallest absolute Gasteiger partial charge is 0.410 e. The number of likely N-dealkylation sites (tertiary alicyclic amines) is 1. The van der Waals surface area contributed by atoms with Crippen LogP contribution in [0.2, 0.25) is 0 Å². The minimum atomic E-state index is -4.34. The molecule has 1 aromatic heterocycles. The number of benzene rings is 2. The first-order valence-corrected chi connectivity index (χ1v) is 11.5. The molecule has 4 rings (SSSR count). The molecule has 5 nitrogen and oxygen atoms in total. The Balaban J connectivity index is 1.26. The molecule has 1 fully saturated rings. The van der Waals surface area contributed by atoms with Crippen LogP contribution in [-0.4, -0.2) is 38.9 Å². The van der Waals surface area contributed by atoms with Gasteiger partial charge in [-0.15, -0.1) is 0 Å². The second-order valence-electron chi connectivity index (χ2n) is 8.01. The number of carbonyl (C=O) groups is 1. The number of nitrogens with zero attached hydrogens (tertiary/aromatic N) is 3. The van der Waals surface area contributed by atoms with Gasteiger partial charge in [0.1, 0.15) is 5.75 Å². The van der Waals surface area contributed by atoms with Gasteiger partial charge in [0.05, 0.1) is 5.56 Å². The Labute approximate surface area is 194 Å². The van der Waals surface area contributed by atoms with Gasteiger partial charge in [0, 0.05) is 37.8 Å². The predicted octanol–water partition coefficient (Wildman–Crippen LogP) is 5.79. The molecule has 0 N–H and O–H groups in total. The van der Waals surface area contributed by atoms with Crippen molar-refractivity contribution in [2.45, 2.75) is 35.8 Å². The lowest BCUT2D eigenvalue weighted by Gasteiger charge is -2.30.